The first-order valence-electron chi connectivity index (χ1n) is 5.99. The molecule has 0 amide bonds. The number of para-hydroxylation sites is 1. The average Bonchev–Trinajstić information content (AvgIpc) is 2.45. The molecule has 0 fully saturated rings. The van der Waals surface area contributed by atoms with E-state index in [1.807, 2.05) is 12.1 Å². The zero-order valence-electron chi connectivity index (χ0n) is 10.3. The van der Waals surface area contributed by atoms with Gasteiger partial charge in [-0.15, -0.1) is 0 Å². The minimum atomic E-state index is -0.0212. The van der Waals surface area contributed by atoms with E-state index in [4.69, 9.17) is 9.15 Å². The monoisotopic (exact) mass is 252 g/mol. The van der Waals surface area contributed by atoms with Crippen molar-refractivity contribution in [1.82, 2.24) is 0 Å². The summed E-state index contributed by atoms with van der Waals surface area (Å²) < 4.78 is 11.2. The van der Waals surface area contributed by atoms with Crippen molar-refractivity contribution in [3.8, 4) is 5.75 Å². The zero-order valence-corrected chi connectivity index (χ0v) is 10.3. The SMILES string of the molecule is C=CCOc1ccc2c(=O)c3ccccc3oc2c1. The van der Waals surface area contributed by atoms with Gasteiger partial charge in [0.15, 0.2) is 0 Å². The molecule has 0 aliphatic heterocycles. The first-order valence-corrected chi connectivity index (χ1v) is 5.99. The van der Waals surface area contributed by atoms with Gasteiger partial charge < -0.3 is 9.15 Å². The van der Waals surface area contributed by atoms with Crippen molar-refractivity contribution in [3.63, 3.8) is 0 Å². The number of benzene rings is 2. The lowest BCUT2D eigenvalue weighted by atomic mass is 10.1. The molecule has 0 unspecified atom stereocenters. The second-order valence-corrected chi connectivity index (χ2v) is 4.18. The summed E-state index contributed by atoms with van der Waals surface area (Å²) in [7, 11) is 0. The third-order valence-corrected chi connectivity index (χ3v) is 2.92. The zero-order chi connectivity index (χ0) is 13.2. The van der Waals surface area contributed by atoms with Crippen LogP contribution in [0, 0.1) is 0 Å². The highest BCUT2D eigenvalue weighted by Gasteiger charge is 2.07. The normalized spacial score (nSPS) is 10.7. The van der Waals surface area contributed by atoms with Crippen molar-refractivity contribution in [1.29, 1.82) is 0 Å². The van der Waals surface area contributed by atoms with E-state index < -0.39 is 0 Å². The molecule has 3 aromatic rings. The van der Waals surface area contributed by atoms with Gasteiger partial charge in [-0.05, 0) is 24.3 Å². The fourth-order valence-corrected chi connectivity index (χ4v) is 2.03. The fraction of sp³-hybridized carbons (Fsp3) is 0.0625. The molecule has 0 radical (unpaired) electrons. The van der Waals surface area contributed by atoms with Crippen LogP contribution in [0.4, 0.5) is 0 Å². The Morgan fingerprint density at radius 2 is 1.89 bits per heavy atom. The van der Waals surface area contributed by atoms with Gasteiger partial charge in [-0.2, -0.15) is 0 Å². The van der Waals surface area contributed by atoms with Gasteiger partial charge in [-0.1, -0.05) is 24.8 Å². The summed E-state index contributed by atoms with van der Waals surface area (Å²) in [5.74, 6) is 0.658. The van der Waals surface area contributed by atoms with Crippen molar-refractivity contribution in [3.05, 3.63) is 65.3 Å². The van der Waals surface area contributed by atoms with E-state index in [0.717, 1.165) is 0 Å². The van der Waals surface area contributed by atoms with E-state index in [-0.39, 0.29) is 5.43 Å². The Labute approximate surface area is 109 Å². The highest BCUT2D eigenvalue weighted by Crippen LogP contribution is 2.22. The van der Waals surface area contributed by atoms with Crippen LogP contribution in [0.5, 0.6) is 5.75 Å². The van der Waals surface area contributed by atoms with E-state index in [1.165, 1.54) is 0 Å². The van der Waals surface area contributed by atoms with Gasteiger partial charge in [0.05, 0.1) is 10.8 Å². The van der Waals surface area contributed by atoms with Crippen molar-refractivity contribution in [2.24, 2.45) is 0 Å². The number of ether oxygens (including phenoxy) is 1. The highest BCUT2D eigenvalue weighted by molar-refractivity contribution is 5.90. The summed E-state index contributed by atoms with van der Waals surface area (Å²) in [6, 6.07) is 12.4. The molecular formula is C16H12O3. The summed E-state index contributed by atoms with van der Waals surface area (Å²) in [6.07, 6.45) is 1.67. The largest absolute Gasteiger partial charge is 0.489 e. The Morgan fingerprint density at radius 3 is 2.74 bits per heavy atom. The lowest BCUT2D eigenvalue weighted by Crippen LogP contribution is -2.02. The van der Waals surface area contributed by atoms with Crippen molar-refractivity contribution >= 4 is 21.9 Å². The molecule has 1 aromatic heterocycles. The Hall–Kier alpha value is -2.55. The maximum atomic E-state index is 12.3. The molecule has 0 atom stereocenters. The van der Waals surface area contributed by atoms with Gasteiger partial charge in [0.25, 0.3) is 0 Å². The summed E-state index contributed by atoms with van der Waals surface area (Å²) in [4.78, 5) is 12.3. The molecule has 0 saturated heterocycles. The standard InChI is InChI=1S/C16H12O3/c1-2-9-18-11-7-8-13-15(10-11)19-14-6-4-3-5-12(14)16(13)17/h2-8,10H,1,9H2. The number of fused-ring (bicyclic) bond motifs is 2. The van der Waals surface area contributed by atoms with E-state index in [0.29, 0.717) is 34.3 Å². The van der Waals surface area contributed by atoms with Crippen LogP contribution in [0.2, 0.25) is 0 Å². The predicted molar refractivity (Wildman–Crippen MR) is 75.7 cm³/mol. The van der Waals surface area contributed by atoms with Crippen LogP contribution in [-0.4, -0.2) is 6.61 Å². The third kappa shape index (κ3) is 1.99. The van der Waals surface area contributed by atoms with Gasteiger partial charge in [0.2, 0.25) is 5.43 Å². The van der Waals surface area contributed by atoms with Crippen LogP contribution in [0.3, 0.4) is 0 Å². The Bertz CT molecular complexity index is 815. The predicted octanol–water partition coefficient (Wildman–Crippen LogP) is 3.51. The first kappa shape index (κ1) is 11.5. The number of rotatable bonds is 3. The van der Waals surface area contributed by atoms with Crippen LogP contribution in [0.15, 0.2) is 64.3 Å². The molecular weight excluding hydrogens is 240 g/mol. The van der Waals surface area contributed by atoms with E-state index in [9.17, 15) is 4.79 Å². The molecule has 0 bridgehead atoms. The lowest BCUT2D eigenvalue weighted by Gasteiger charge is -2.05. The molecule has 0 saturated carbocycles. The molecule has 0 aliphatic rings. The first-order chi connectivity index (χ1) is 9.29. The lowest BCUT2D eigenvalue weighted by molar-refractivity contribution is 0.363. The van der Waals surface area contributed by atoms with Gasteiger partial charge in [-0.3, -0.25) is 4.79 Å². The van der Waals surface area contributed by atoms with Crippen molar-refractivity contribution in [2.45, 2.75) is 0 Å². The second kappa shape index (κ2) is 4.61. The fourth-order valence-electron chi connectivity index (χ4n) is 2.03. The molecule has 3 heteroatoms. The van der Waals surface area contributed by atoms with Gasteiger partial charge in [0.1, 0.15) is 23.5 Å². The molecule has 2 aromatic carbocycles. The van der Waals surface area contributed by atoms with Crippen molar-refractivity contribution < 1.29 is 9.15 Å². The second-order valence-electron chi connectivity index (χ2n) is 4.18. The smallest absolute Gasteiger partial charge is 0.200 e. The summed E-state index contributed by atoms with van der Waals surface area (Å²) in [5, 5.41) is 1.15. The average molecular weight is 252 g/mol. The summed E-state index contributed by atoms with van der Waals surface area (Å²) in [6.45, 7) is 4.01. The minimum Gasteiger partial charge on any atom is -0.489 e. The summed E-state index contributed by atoms with van der Waals surface area (Å²) >= 11 is 0. The van der Waals surface area contributed by atoms with Gasteiger partial charge in [-0.25, -0.2) is 0 Å². The molecule has 3 nitrogen and oxygen atoms in total. The molecule has 94 valence electrons. The Kier molecular flexibility index (Phi) is 2.80. The molecule has 0 spiro atoms. The van der Waals surface area contributed by atoms with Crippen LogP contribution >= 0.6 is 0 Å². The molecule has 1 heterocycles. The minimum absolute atomic E-state index is 0.0212. The van der Waals surface area contributed by atoms with Crippen LogP contribution in [-0.2, 0) is 0 Å². The van der Waals surface area contributed by atoms with E-state index in [2.05, 4.69) is 6.58 Å². The molecule has 0 N–H and O–H groups in total. The number of hydrogen-bond acceptors (Lipinski definition) is 3. The molecule has 0 aliphatic carbocycles. The third-order valence-electron chi connectivity index (χ3n) is 2.92. The van der Waals surface area contributed by atoms with Crippen molar-refractivity contribution in [2.75, 3.05) is 6.61 Å². The summed E-state index contributed by atoms with van der Waals surface area (Å²) in [5.41, 5.74) is 1.10. The highest BCUT2D eigenvalue weighted by atomic mass is 16.5. The van der Waals surface area contributed by atoms with Gasteiger partial charge >= 0.3 is 0 Å². The van der Waals surface area contributed by atoms with Crippen LogP contribution in [0.1, 0.15) is 0 Å². The quantitative estimate of drug-likeness (QED) is 0.529. The van der Waals surface area contributed by atoms with Gasteiger partial charge in [0, 0.05) is 6.07 Å². The maximum absolute atomic E-state index is 12.3. The van der Waals surface area contributed by atoms with E-state index >= 15 is 0 Å². The van der Waals surface area contributed by atoms with Crippen LogP contribution < -0.4 is 10.2 Å². The topological polar surface area (TPSA) is 39.4 Å². The Balaban J connectivity index is 2.26. The molecule has 3 rings (SSSR count). The van der Waals surface area contributed by atoms with E-state index in [1.54, 1.807) is 36.4 Å². The van der Waals surface area contributed by atoms with Crippen LogP contribution in [0.25, 0.3) is 21.9 Å². The number of hydrogen-bond donors (Lipinski definition) is 0. The maximum Gasteiger partial charge on any atom is 0.200 e. The Morgan fingerprint density at radius 1 is 1.11 bits per heavy atom. The molecule has 19 heavy (non-hydrogen) atoms.